The van der Waals surface area contributed by atoms with Gasteiger partial charge in [-0.15, -0.1) is 0 Å². The maximum atomic E-state index is 11.7. The SMILES string of the molecule is CCCCCCCC/C=C\CCCCCCCC(=[O+])ON(CCO)CCO. The third-order valence-corrected chi connectivity index (χ3v) is 4.57. The molecule has 159 valence electrons. The molecule has 27 heavy (non-hydrogen) atoms. The normalized spacial score (nSPS) is 11.6. The lowest BCUT2D eigenvalue weighted by Crippen LogP contribution is -2.32. The van der Waals surface area contributed by atoms with Crippen molar-refractivity contribution in [1.29, 1.82) is 0 Å². The van der Waals surface area contributed by atoms with Gasteiger partial charge in [0.2, 0.25) is 0 Å². The van der Waals surface area contributed by atoms with Gasteiger partial charge in [0.05, 0.1) is 31.1 Å². The van der Waals surface area contributed by atoms with Crippen molar-refractivity contribution in [3.8, 4) is 0 Å². The van der Waals surface area contributed by atoms with Gasteiger partial charge in [-0.2, -0.15) is 4.84 Å². The van der Waals surface area contributed by atoms with Crippen LogP contribution in [0, 0.1) is 0 Å². The van der Waals surface area contributed by atoms with Crippen LogP contribution in [0.2, 0.25) is 0 Å². The average molecular weight is 386 g/mol. The van der Waals surface area contributed by atoms with Crippen LogP contribution >= 0.6 is 0 Å². The van der Waals surface area contributed by atoms with Crippen LogP contribution in [0.5, 0.6) is 0 Å². The highest BCUT2D eigenvalue weighted by Gasteiger charge is 2.22. The zero-order valence-electron chi connectivity index (χ0n) is 17.5. The lowest BCUT2D eigenvalue weighted by atomic mass is 10.1. The number of hydrogen-bond acceptors (Lipinski definition) is 5. The molecule has 1 radical (unpaired) electrons. The van der Waals surface area contributed by atoms with E-state index in [1.54, 1.807) is 0 Å². The fourth-order valence-electron chi connectivity index (χ4n) is 2.96. The molecule has 2 N–H and O–H groups in total. The predicted octanol–water partition coefficient (Wildman–Crippen LogP) is 4.77. The number of aliphatic hydroxyl groups is 2. The number of allylic oxidation sites excluding steroid dienone is 2. The Morgan fingerprint density at radius 1 is 0.778 bits per heavy atom. The third-order valence-electron chi connectivity index (χ3n) is 4.57. The standard InChI is InChI=1S/C22H43NO4/c1-2-3-4-5-6-7-8-9-10-11-12-13-14-15-16-17-22(26)27-23(18-20-24)19-21-25/h9-10,24-25H,2-8,11-21H2,1H3/q+1/b10-9-. The Morgan fingerprint density at radius 3 is 1.78 bits per heavy atom. The molecule has 0 atom stereocenters. The molecule has 0 aliphatic carbocycles. The van der Waals surface area contributed by atoms with Crippen LogP contribution in [-0.2, 0) is 9.63 Å². The minimum Gasteiger partial charge on any atom is -0.395 e. The zero-order chi connectivity index (χ0) is 20.0. The van der Waals surface area contributed by atoms with Gasteiger partial charge in [-0.25, -0.2) is 0 Å². The molecule has 0 bridgehead atoms. The Balaban J connectivity index is 3.38. The van der Waals surface area contributed by atoms with Crippen LogP contribution in [0.1, 0.15) is 96.8 Å². The molecule has 0 aliphatic heterocycles. The number of rotatable bonds is 20. The van der Waals surface area contributed by atoms with E-state index in [4.69, 9.17) is 15.1 Å². The van der Waals surface area contributed by atoms with Crippen LogP contribution < -0.4 is 0 Å². The lowest BCUT2D eigenvalue weighted by Gasteiger charge is -2.09. The number of hydrogen-bond donors (Lipinski definition) is 2. The topological polar surface area (TPSA) is 72.8 Å². The second-order valence-corrected chi connectivity index (χ2v) is 7.17. The molecule has 0 rings (SSSR count). The van der Waals surface area contributed by atoms with E-state index in [1.165, 1.54) is 62.9 Å². The molecule has 5 nitrogen and oxygen atoms in total. The van der Waals surface area contributed by atoms with E-state index < -0.39 is 0 Å². The molecule has 5 heteroatoms. The summed E-state index contributed by atoms with van der Waals surface area (Å²) in [4.78, 5) is 16.8. The zero-order valence-corrected chi connectivity index (χ0v) is 17.5. The minimum atomic E-state index is -0.283. The van der Waals surface area contributed by atoms with Gasteiger partial charge >= 0.3 is 5.97 Å². The van der Waals surface area contributed by atoms with Crippen molar-refractivity contribution < 1.29 is 19.8 Å². The van der Waals surface area contributed by atoms with Crippen molar-refractivity contribution in [3.63, 3.8) is 0 Å². The number of carbonyl (C=O) groups is 1. The van der Waals surface area contributed by atoms with Gasteiger partial charge in [0, 0.05) is 0 Å². The molecule has 0 saturated heterocycles. The molecule has 0 aliphatic rings. The van der Waals surface area contributed by atoms with E-state index in [0.29, 0.717) is 6.42 Å². The summed E-state index contributed by atoms with van der Waals surface area (Å²) in [6.07, 6.45) is 21.0. The first kappa shape index (κ1) is 26.1. The van der Waals surface area contributed by atoms with E-state index in [9.17, 15) is 4.79 Å². The highest BCUT2D eigenvalue weighted by atomic mass is 16.7. The van der Waals surface area contributed by atoms with Crippen molar-refractivity contribution in [1.82, 2.24) is 5.06 Å². The van der Waals surface area contributed by atoms with Crippen LogP contribution in [0.4, 0.5) is 0 Å². The van der Waals surface area contributed by atoms with Crippen LogP contribution in [0.15, 0.2) is 12.2 Å². The number of aliphatic hydroxyl groups excluding tert-OH is 2. The maximum absolute atomic E-state index is 11.7. The Labute approximate surface area is 166 Å². The van der Waals surface area contributed by atoms with E-state index in [-0.39, 0.29) is 32.3 Å². The minimum absolute atomic E-state index is 0.0965. The van der Waals surface area contributed by atoms with Crippen molar-refractivity contribution in [2.24, 2.45) is 0 Å². The summed E-state index contributed by atoms with van der Waals surface area (Å²) in [5.74, 6) is -0.283. The van der Waals surface area contributed by atoms with E-state index in [2.05, 4.69) is 19.1 Å². The van der Waals surface area contributed by atoms with Crippen LogP contribution in [-0.4, -0.2) is 47.5 Å². The molecular formula is C22H43NO4+. The monoisotopic (exact) mass is 385 g/mol. The summed E-state index contributed by atoms with van der Waals surface area (Å²) >= 11 is 0. The van der Waals surface area contributed by atoms with E-state index >= 15 is 0 Å². The highest BCUT2D eigenvalue weighted by molar-refractivity contribution is 5.68. The summed E-state index contributed by atoms with van der Waals surface area (Å²) in [7, 11) is 0. The second-order valence-electron chi connectivity index (χ2n) is 7.17. The quantitative estimate of drug-likeness (QED) is 0.137. The van der Waals surface area contributed by atoms with Gasteiger partial charge < -0.3 is 10.2 Å². The predicted molar refractivity (Wildman–Crippen MR) is 111 cm³/mol. The molecule has 0 aromatic carbocycles. The molecule has 0 fully saturated rings. The Kier molecular flexibility index (Phi) is 20.7. The molecule has 0 aromatic heterocycles. The molecule has 0 unspecified atom stereocenters. The number of carbonyl (C=O) groups excluding carboxylic acids is 1. The first-order valence-corrected chi connectivity index (χ1v) is 11.1. The van der Waals surface area contributed by atoms with Gasteiger partial charge in [0.1, 0.15) is 6.42 Å². The van der Waals surface area contributed by atoms with Crippen LogP contribution in [0.3, 0.4) is 0 Å². The van der Waals surface area contributed by atoms with Gasteiger partial charge in [-0.05, 0) is 37.2 Å². The first-order valence-electron chi connectivity index (χ1n) is 11.1. The van der Waals surface area contributed by atoms with Crippen molar-refractivity contribution in [2.75, 3.05) is 26.3 Å². The average Bonchev–Trinajstić information content (AvgIpc) is 2.65. The number of unbranched alkanes of at least 4 members (excludes halogenated alkanes) is 11. The lowest BCUT2D eigenvalue weighted by molar-refractivity contribution is -0.194. The van der Waals surface area contributed by atoms with E-state index in [1.807, 2.05) is 0 Å². The maximum Gasteiger partial charge on any atom is 0.597 e. The molecule has 0 spiro atoms. The Hall–Kier alpha value is -0.910. The highest BCUT2D eigenvalue weighted by Crippen LogP contribution is 2.10. The Morgan fingerprint density at radius 2 is 1.26 bits per heavy atom. The van der Waals surface area contributed by atoms with Crippen molar-refractivity contribution in [2.45, 2.75) is 96.8 Å². The second kappa shape index (κ2) is 21.4. The fourth-order valence-corrected chi connectivity index (χ4v) is 2.96. The smallest absolute Gasteiger partial charge is 0.395 e. The summed E-state index contributed by atoms with van der Waals surface area (Å²) in [6.45, 7) is 2.53. The van der Waals surface area contributed by atoms with Crippen LogP contribution in [0.25, 0.3) is 0 Å². The van der Waals surface area contributed by atoms with Gasteiger partial charge in [0.15, 0.2) is 0 Å². The van der Waals surface area contributed by atoms with Gasteiger partial charge in [-0.3, -0.25) is 0 Å². The molecular weight excluding hydrogens is 342 g/mol. The fraction of sp³-hybridized carbons (Fsp3) is 0.864. The molecule has 0 amide bonds. The Bertz CT molecular complexity index is 341. The molecule has 0 heterocycles. The van der Waals surface area contributed by atoms with Crippen molar-refractivity contribution >= 4 is 5.97 Å². The third kappa shape index (κ3) is 19.7. The molecule has 0 saturated carbocycles. The van der Waals surface area contributed by atoms with E-state index in [0.717, 1.165) is 25.7 Å². The van der Waals surface area contributed by atoms with Gasteiger partial charge in [0.25, 0.3) is 0 Å². The van der Waals surface area contributed by atoms with Gasteiger partial charge in [-0.1, -0.05) is 70.4 Å². The first-order chi connectivity index (χ1) is 13.2. The summed E-state index contributed by atoms with van der Waals surface area (Å²) in [5.41, 5.74) is 0. The molecule has 0 aromatic rings. The summed E-state index contributed by atoms with van der Waals surface area (Å²) in [6, 6.07) is 0. The summed E-state index contributed by atoms with van der Waals surface area (Å²) < 4.78 is 0. The largest absolute Gasteiger partial charge is 0.597 e. The van der Waals surface area contributed by atoms with Crippen molar-refractivity contribution in [3.05, 3.63) is 12.2 Å². The number of nitrogens with zero attached hydrogens (tertiary/aromatic N) is 1. The summed E-state index contributed by atoms with van der Waals surface area (Å²) in [5, 5.41) is 19.1. The number of hydroxylamine groups is 2.